The van der Waals surface area contributed by atoms with E-state index >= 15 is 0 Å². The van der Waals surface area contributed by atoms with Crippen LogP contribution in [0, 0.1) is 12.8 Å². The highest BCUT2D eigenvalue weighted by molar-refractivity contribution is 6.30. The average Bonchev–Trinajstić information content (AvgIpc) is 2.58. The number of aryl methyl sites for hydroxylation is 2. The largest absolute Gasteiger partial charge is 0.393 e. The fourth-order valence-electron chi connectivity index (χ4n) is 2.72. The Kier molecular flexibility index (Phi) is 4.30. The Hall–Kier alpha value is -0.580. The molecule has 1 N–H and O–H groups in total. The lowest BCUT2D eigenvalue weighted by atomic mass is 9.92. The first-order valence-corrected chi connectivity index (χ1v) is 6.99. The van der Waals surface area contributed by atoms with Gasteiger partial charge in [-0.05, 0) is 25.7 Å². The summed E-state index contributed by atoms with van der Waals surface area (Å²) in [7, 11) is 1.87. The minimum atomic E-state index is -0.142. The zero-order valence-corrected chi connectivity index (χ0v) is 12.1. The topological polar surface area (TPSA) is 41.3 Å². The fraction of sp³-hybridized carbons (Fsp3) is 0.769. The lowest BCUT2D eigenvalue weighted by Crippen LogP contribution is -2.42. The van der Waals surface area contributed by atoms with E-state index in [1.807, 2.05) is 14.0 Å². The number of halogens is 1. The van der Waals surface area contributed by atoms with Gasteiger partial charge in [0.2, 0.25) is 0 Å². The Morgan fingerprint density at radius 3 is 2.78 bits per heavy atom. The van der Waals surface area contributed by atoms with Crippen LogP contribution in [0.15, 0.2) is 0 Å². The van der Waals surface area contributed by atoms with Crippen molar-refractivity contribution in [2.24, 2.45) is 13.0 Å². The molecule has 2 heterocycles. The highest BCUT2D eigenvalue weighted by atomic mass is 35.5. The maximum atomic E-state index is 9.90. The summed E-state index contributed by atoms with van der Waals surface area (Å²) in [5, 5.41) is 15.0. The molecule has 2 rings (SSSR count). The Labute approximate surface area is 114 Å². The quantitative estimate of drug-likeness (QED) is 0.914. The van der Waals surface area contributed by atoms with Crippen molar-refractivity contribution in [3.05, 3.63) is 16.4 Å². The Morgan fingerprint density at radius 1 is 1.50 bits per heavy atom. The van der Waals surface area contributed by atoms with E-state index in [1.54, 1.807) is 4.68 Å². The molecule has 0 radical (unpaired) electrons. The van der Waals surface area contributed by atoms with Crippen LogP contribution in [-0.4, -0.2) is 39.0 Å². The molecule has 102 valence electrons. The number of nitrogens with zero attached hydrogens (tertiary/aromatic N) is 3. The first kappa shape index (κ1) is 13.8. The Morgan fingerprint density at radius 2 is 2.22 bits per heavy atom. The van der Waals surface area contributed by atoms with Gasteiger partial charge in [-0.2, -0.15) is 5.10 Å². The van der Waals surface area contributed by atoms with Crippen molar-refractivity contribution in [2.75, 3.05) is 13.1 Å². The monoisotopic (exact) mass is 271 g/mol. The molecule has 1 aliphatic rings. The van der Waals surface area contributed by atoms with E-state index in [2.05, 4.69) is 16.9 Å². The number of aliphatic hydroxyl groups is 1. The molecule has 0 aliphatic carbocycles. The second-order valence-electron chi connectivity index (χ2n) is 5.24. The van der Waals surface area contributed by atoms with Gasteiger partial charge in [-0.15, -0.1) is 0 Å². The standard InChI is InChI=1S/C13H22ClN3O/c1-4-10-7-17(6-5-12(10)18)8-11-9(2)15-16(3)13(11)14/h10,12,18H,4-8H2,1-3H3. The maximum absolute atomic E-state index is 9.90. The van der Waals surface area contributed by atoms with Crippen LogP contribution >= 0.6 is 11.6 Å². The molecule has 1 aromatic heterocycles. The summed E-state index contributed by atoms with van der Waals surface area (Å²) in [4.78, 5) is 2.37. The fourth-order valence-corrected chi connectivity index (χ4v) is 2.95. The van der Waals surface area contributed by atoms with Gasteiger partial charge in [0.25, 0.3) is 0 Å². The van der Waals surface area contributed by atoms with E-state index in [-0.39, 0.29) is 6.10 Å². The third-order valence-corrected chi connectivity index (χ3v) is 4.43. The lowest BCUT2D eigenvalue weighted by molar-refractivity contribution is 0.0221. The van der Waals surface area contributed by atoms with Crippen molar-refractivity contribution < 1.29 is 5.11 Å². The molecular weight excluding hydrogens is 250 g/mol. The molecule has 5 heteroatoms. The number of piperidine rings is 1. The van der Waals surface area contributed by atoms with Gasteiger partial charge in [-0.3, -0.25) is 9.58 Å². The van der Waals surface area contributed by atoms with E-state index in [0.717, 1.165) is 48.9 Å². The van der Waals surface area contributed by atoms with Crippen molar-refractivity contribution in [3.8, 4) is 0 Å². The van der Waals surface area contributed by atoms with E-state index < -0.39 is 0 Å². The molecule has 2 unspecified atom stereocenters. The van der Waals surface area contributed by atoms with Crippen molar-refractivity contribution in [1.82, 2.24) is 14.7 Å². The van der Waals surface area contributed by atoms with Crippen molar-refractivity contribution >= 4 is 11.6 Å². The normalized spacial score (nSPS) is 25.6. The third-order valence-electron chi connectivity index (χ3n) is 3.95. The number of aromatic nitrogens is 2. The lowest BCUT2D eigenvalue weighted by Gasteiger charge is -2.35. The van der Waals surface area contributed by atoms with Gasteiger partial charge >= 0.3 is 0 Å². The van der Waals surface area contributed by atoms with Crippen LogP contribution in [0.1, 0.15) is 31.0 Å². The molecule has 1 aliphatic heterocycles. The Bertz CT molecular complexity index is 419. The minimum absolute atomic E-state index is 0.142. The molecule has 0 amide bonds. The summed E-state index contributed by atoms with van der Waals surface area (Å²) in [6.07, 6.45) is 1.74. The van der Waals surface area contributed by atoms with Crippen LogP contribution in [0.25, 0.3) is 0 Å². The molecular formula is C13H22ClN3O. The SMILES string of the molecule is CCC1CN(Cc2c(C)nn(C)c2Cl)CCC1O. The van der Waals surface area contributed by atoms with Gasteiger partial charge in [0.05, 0.1) is 11.8 Å². The molecule has 1 fully saturated rings. The third kappa shape index (κ3) is 2.71. The summed E-state index contributed by atoms with van der Waals surface area (Å²) >= 11 is 6.26. The molecule has 0 saturated carbocycles. The van der Waals surface area contributed by atoms with E-state index in [1.165, 1.54) is 0 Å². The predicted molar refractivity (Wildman–Crippen MR) is 72.6 cm³/mol. The van der Waals surface area contributed by atoms with Crippen LogP contribution in [0.3, 0.4) is 0 Å². The summed E-state index contributed by atoms with van der Waals surface area (Å²) in [6, 6.07) is 0. The minimum Gasteiger partial charge on any atom is -0.393 e. The van der Waals surface area contributed by atoms with Crippen LogP contribution < -0.4 is 0 Å². The molecule has 18 heavy (non-hydrogen) atoms. The predicted octanol–water partition coefficient (Wildman–Crippen LogP) is 1.97. The summed E-state index contributed by atoms with van der Waals surface area (Å²) in [6.45, 7) is 6.85. The molecule has 1 aromatic rings. The number of likely N-dealkylation sites (tertiary alicyclic amines) is 1. The molecule has 0 bridgehead atoms. The summed E-state index contributed by atoms with van der Waals surface area (Å²) < 4.78 is 1.72. The first-order chi connectivity index (χ1) is 8.52. The molecule has 0 aromatic carbocycles. The molecule has 0 spiro atoms. The van der Waals surface area contributed by atoms with Crippen molar-refractivity contribution in [3.63, 3.8) is 0 Å². The first-order valence-electron chi connectivity index (χ1n) is 6.61. The van der Waals surface area contributed by atoms with E-state index in [0.29, 0.717) is 5.92 Å². The second-order valence-corrected chi connectivity index (χ2v) is 5.60. The van der Waals surface area contributed by atoms with Crippen LogP contribution in [0.2, 0.25) is 5.15 Å². The maximum Gasteiger partial charge on any atom is 0.131 e. The number of hydrogen-bond donors (Lipinski definition) is 1. The van der Waals surface area contributed by atoms with Crippen LogP contribution in [0.5, 0.6) is 0 Å². The Balaban J connectivity index is 2.05. The van der Waals surface area contributed by atoms with Crippen LogP contribution in [-0.2, 0) is 13.6 Å². The van der Waals surface area contributed by atoms with E-state index in [9.17, 15) is 5.11 Å². The molecule has 4 nitrogen and oxygen atoms in total. The van der Waals surface area contributed by atoms with Gasteiger partial charge in [0.1, 0.15) is 5.15 Å². The zero-order chi connectivity index (χ0) is 13.3. The van der Waals surface area contributed by atoms with Gasteiger partial charge in [-0.25, -0.2) is 0 Å². The van der Waals surface area contributed by atoms with Crippen molar-refractivity contribution in [2.45, 2.75) is 39.3 Å². The van der Waals surface area contributed by atoms with Gasteiger partial charge in [0, 0.05) is 32.2 Å². The van der Waals surface area contributed by atoms with Crippen molar-refractivity contribution in [1.29, 1.82) is 0 Å². The second kappa shape index (κ2) is 5.59. The number of aliphatic hydroxyl groups excluding tert-OH is 1. The molecule has 1 saturated heterocycles. The summed E-state index contributed by atoms with van der Waals surface area (Å²) in [5.41, 5.74) is 2.12. The highest BCUT2D eigenvalue weighted by Crippen LogP contribution is 2.25. The van der Waals surface area contributed by atoms with Gasteiger partial charge in [-0.1, -0.05) is 18.5 Å². The van der Waals surface area contributed by atoms with Crippen LogP contribution in [0.4, 0.5) is 0 Å². The zero-order valence-electron chi connectivity index (χ0n) is 11.4. The number of rotatable bonds is 3. The smallest absolute Gasteiger partial charge is 0.131 e. The highest BCUT2D eigenvalue weighted by Gasteiger charge is 2.27. The van der Waals surface area contributed by atoms with Gasteiger partial charge < -0.3 is 5.11 Å². The molecule has 2 atom stereocenters. The van der Waals surface area contributed by atoms with Gasteiger partial charge in [0.15, 0.2) is 0 Å². The number of hydrogen-bond acceptors (Lipinski definition) is 3. The summed E-state index contributed by atoms with van der Waals surface area (Å²) in [5.74, 6) is 0.384. The average molecular weight is 272 g/mol. The van der Waals surface area contributed by atoms with E-state index in [4.69, 9.17) is 11.6 Å².